The molecule has 9 heavy (non-hydrogen) atoms. The van der Waals surface area contributed by atoms with Crippen LogP contribution in [0.5, 0.6) is 0 Å². The Bertz CT molecular complexity index is 125. The molecular formula is C4H9NO3S. The first-order chi connectivity index (χ1) is 4.16. The molecule has 54 valence electrons. The molecule has 0 radical (unpaired) electrons. The van der Waals surface area contributed by atoms with Crippen LogP contribution in [0.1, 0.15) is 6.92 Å². The minimum Gasteiger partial charge on any atom is -0.465 e. The lowest BCUT2D eigenvalue weighted by Gasteiger charge is -1.96. The van der Waals surface area contributed by atoms with Gasteiger partial charge < -0.3 is 4.74 Å². The first-order valence-corrected chi connectivity index (χ1v) is 3.83. The largest absolute Gasteiger partial charge is 0.465 e. The van der Waals surface area contributed by atoms with Crippen LogP contribution in [0.15, 0.2) is 0 Å². The summed E-state index contributed by atoms with van der Waals surface area (Å²) in [5, 5.41) is 4.79. The molecule has 0 spiro atoms. The highest BCUT2D eigenvalue weighted by Gasteiger charge is 2.02. The molecule has 1 atom stereocenters. The summed E-state index contributed by atoms with van der Waals surface area (Å²) in [6, 6.07) is 0. The van der Waals surface area contributed by atoms with Crippen LogP contribution < -0.4 is 5.14 Å². The summed E-state index contributed by atoms with van der Waals surface area (Å²) in [7, 11) is -1.57. The van der Waals surface area contributed by atoms with Crippen LogP contribution in [0.25, 0.3) is 0 Å². The van der Waals surface area contributed by atoms with E-state index in [9.17, 15) is 9.00 Å². The average molecular weight is 151 g/mol. The monoisotopic (exact) mass is 151 g/mol. The van der Waals surface area contributed by atoms with Crippen LogP contribution in [0.3, 0.4) is 0 Å². The zero-order chi connectivity index (χ0) is 7.28. The highest BCUT2D eigenvalue weighted by molar-refractivity contribution is 7.83. The molecule has 0 fully saturated rings. The minimum absolute atomic E-state index is 0.214. The lowest BCUT2D eigenvalue weighted by Crippen LogP contribution is -2.18. The summed E-state index contributed by atoms with van der Waals surface area (Å²) >= 11 is 0. The smallest absolute Gasteiger partial charge is 0.319 e. The van der Waals surface area contributed by atoms with E-state index in [-0.39, 0.29) is 5.75 Å². The number of nitrogens with two attached hydrogens (primary N) is 1. The summed E-state index contributed by atoms with van der Waals surface area (Å²) in [5.41, 5.74) is 0. The van der Waals surface area contributed by atoms with Crippen molar-refractivity contribution in [3.63, 3.8) is 0 Å². The van der Waals surface area contributed by atoms with E-state index < -0.39 is 17.0 Å². The second-order valence-corrected chi connectivity index (χ2v) is 2.38. The van der Waals surface area contributed by atoms with Gasteiger partial charge >= 0.3 is 5.97 Å². The first-order valence-electron chi connectivity index (χ1n) is 2.45. The van der Waals surface area contributed by atoms with Gasteiger partial charge in [0.15, 0.2) is 0 Å². The van der Waals surface area contributed by atoms with Crippen LogP contribution in [0, 0.1) is 0 Å². The van der Waals surface area contributed by atoms with Gasteiger partial charge in [-0.1, -0.05) is 0 Å². The van der Waals surface area contributed by atoms with Crippen molar-refractivity contribution in [2.24, 2.45) is 5.14 Å². The predicted octanol–water partition coefficient (Wildman–Crippen LogP) is -0.828. The molecule has 4 nitrogen and oxygen atoms in total. The normalized spacial score (nSPS) is 12.7. The van der Waals surface area contributed by atoms with E-state index >= 15 is 0 Å². The van der Waals surface area contributed by atoms with Crippen LogP contribution in [0.4, 0.5) is 0 Å². The summed E-state index contributed by atoms with van der Waals surface area (Å²) in [4.78, 5) is 10.4. The number of carbonyl (C=O) groups is 1. The third-order valence-corrected chi connectivity index (χ3v) is 1.09. The predicted molar refractivity (Wildman–Crippen MR) is 33.8 cm³/mol. The number of rotatable bonds is 3. The lowest BCUT2D eigenvalue weighted by atomic mass is 10.8. The maximum Gasteiger partial charge on any atom is 0.319 e. The fourth-order valence-corrected chi connectivity index (χ4v) is 0.634. The SMILES string of the molecule is CCOC(=O)CS(N)=O. The molecule has 0 heterocycles. The summed E-state index contributed by atoms with van der Waals surface area (Å²) in [6.07, 6.45) is 0. The molecule has 0 aromatic carbocycles. The number of hydrogen-bond donors (Lipinski definition) is 1. The van der Waals surface area contributed by atoms with Crippen molar-refractivity contribution in [3.8, 4) is 0 Å². The molecule has 0 saturated heterocycles. The van der Waals surface area contributed by atoms with Crippen molar-refractivity contribution in [2.75, 3.05) is 12.4 Å². The average Bonchev–Trinajstić information content (AvgIpc) is 1.63. The quantitative estimate of drug-likeness (QED) is 0.535. The third kappa shape index (κ3) is 5.45. The number of esters is 1. The second-order valence-electron chi connectivity index (χ2n) is 1.33. The van der Waals surface area contributed by atoms with E-state index in [4.69, 9.17) is 5.14 Å². The summed E-state index contributed by atoms with van der Waals surface area (Å²) in [6.45, 7) is 1.98. The zero-order valence-electron chi connectivity index (χ0n) is 5.12. The molecule has 0 bridgehead atoms. The molecular weight excluding hydrogens is 142 g/mol. The highest BCUT2D eigenvalue weighted by atomic mass is 32.2. The summed E-state index contributed by atoms with van der Waals surface area (Å²) in [5.74, 6) is -0.730. The van der Waals surface area contributed by atoms with Crippen molar-refractivity contribution in [1.82, 2.24) is 0 Å². The van der Waals surface area contributed by atoms with Gasteiger partial charge in [0.25, 0.3) is 0 Å². The van der Waals surface area contributed by atoms with Gasteiger partial charge in [0.2, 0.25) is 0 Å². The molecule has 1 unspecified atom stereocenters. The first kappa shape index (κ1) is 8.58. The lowest BCUT2D eigenvalue weighted by molar-refractivity contribution is -0.139. The number of carbonyl (C=O) groups excluding carboxylic acids is 1. The minimum atomic E-state index is -1.57. The Morgan fingerprint density at radius 3 is 2.67 bits per heavy atom. The van der Waals surface area contributed by atoms with Crippen molar-refractivity contribution >= 4 is 17.0 Å². The van der Waals surface area contributed by atoms with Gasteiger partial charge in [-0.05, 0) is 6.92 Å². The molecule has 2 N–H and O–H groups in total. The Morgan fingerprint density at radius 2 is 2.33 bits per heavy atom. The van der Waals surface area contributed by atoms with Gasteiger partial charge in [-0.3, -0.25) is 9.93 Å². The van der Waals surface area contributed by atoms with Gasteiger partial charge in [-0.25, -0.2) is 4.21 Å². The van der Waals surface area contributed by atoms with Gasteiger partial charge in [0, 0.05) is 0 Å². The van der Waals surface area contributed by atoms with E-state index in [0.29, 0.717) is 6.61 Å². The maximum atomic E-state index is 10.4. The van der Waals surface area contributed by atoms with E-state index in [2.05, 4.69) is 4.74 Å². The van der Waals surface area contributed by atoms with Crippen LogP contribution in [0.2, 0.25) is 0 Å². The zero-order valence-corrected chi connectivity index (χ0v) is 5.94. The Kier molecular flexibility index (Phi) is 4.25. The highest BCUT2D eigenvalue weighted by Crippen LogP contribution is 1.78. The number of ether oxygens (including phenoxy) is 1. The van der Waals surface area contributed by atoms with E-state index in [0.717, 1.165) is 0 Å². The van der Waals surface area contributed by atoms with Gasteiger partial charge in [0.05, 0.1) is 6.61 Å². The van der Waals surface area contributed by atoms with Gasteiger partial charge in [0.1, 0.15) is 16.7 Å². The molecule has 0 aliphatic heterocycles. The third-order valence-electron chi connectivity index (χ3n) is 0.565. The van der Waals surface area contributed by atoms with Crippen molar-refractivity contribution in [2.45, 2.75) is 6.92 Å². The molecule has 0 rings (SSSR count). The van der Waals surface area contributed by atoms with Crippen LogP contribution >= 0.6 is 0 Å². The molecule has 0 aromatic rings. The van der Waals surface area contributed by atoms with Crippen LogP contribution in [-0.2, 0) is 20.5 Å². The topological polar surface area (TPSA) is 69.4 Å². The Hall–Kier alpha value is -0.420. The maximum absolute atomic E-state index is 10.4. The molecule has 5 heteroatoms. The van der Waals surface area contributed by atoms with Gasteiger partial charge in [-0.15, -0.1) is 0 Å². The molecule has 0 saturated carbocycles. The standard InChI is InChI=1S/C4H9NO3S/c1-2-8-4(6)3-9(5)7/h2-3,5H2,1H3. The molecule has 0 amide bonds. The van der Waals surface area contributed by atoms with E-state index in [1.807, 2.05) is 0 Å². The Morgan fingerprint density at radius 1 is 1.78 bits per heavy atom. The molecule has 0 aliphatic rings. The van der Waals surface area contributed by atoms with Crippen LogP contribution in [-0.4, -0.2) is 22.5 Å². The fourth-order valence-electron chi connectivity index (χ4n) is 0.319. The van der Waals surface area contributed by atoms with Crippen molar-refractivity contribution < 1.29 is 13.7 Å². The van der Waals surface area contributed by atoms with E-state index in [1.165, 1.54) is 0 Å². The Labute approximate surface area is 56.0 Å². The van der Waals surface area contributed by atoms with Crippen molar-refractivity contribution in [1.29, 1.82) is 0 Å². The number of hydrogen-bond acceptors (Lipinski definition) is 3. The molecule has 0 aromatic heterocycles. The van der Waals surface area contributed by atoms with Gasteiger partial charge in [-0.2, -0.15) is 0 Å². The van der Waals surface area contributed by atoms with E-state index in [1.54, 1.807) is 6.92 Å². The second kappa shape index (κ2) is 4.46. The summed E-state index contributed by atoms with van der Waals surface area (Å²) < 4.78 is 14.6. The fraction of sp³-hybridized carbons (Fsp3) is 0.750. The Balaban J connectivity index is 3.39. The molecule has 0 aliphatic carbocycles. The van der Waals surface area contributed by atoms with Crippen molar-refractivity contribution in [3.05, 3.63) is 0 Å².